The molecule has 0 unspecified atom stereocenters. The van der Waals surface area contributed by atoms with Crippen LogP contribution in [0.4, 0.5) is 17.5 Å². The number of hydrogen-bond acceptors (Lipinski definition) is 8. The molecule has 1 aliphatic rings. The molecule has 0 radical (unpaired) electrons. The number of rotatable bonds is 5. The van der Waals surface area contributed by atoms with Crippen molar-refractivity contribution in [3.63, 3.8) is 0 Å². The molecule has 2 N–H and O–H groups in total. The number of benzene rings is 2. The first-order chi connectivity index (χ1) is 14.2. The van der Waals surface area contributed by atoms with Crippen LogP contribution in [0.15, 0.2) is 54.9 Å². The van der Waals surface area contributed by atoms with Gasteiger partial charge in [-0.15, -0.1) is 0 Å². The van der Waals surface area contributed by atoms with Crippen molar-refractivity contribution in [3.8, 4) is 11.5 Å². The predicted molar refractivity (Wildman–Crippen MR) is 109 cm³/mol. The average Bonchev–Trinajstić information content (AvgIpc) is 3.22. The number of fused-ring (bicyclic) bond motifs is 2. The lowest BCUT2D eigenvalue weighted by atomic mass is 10.2. The molecule has 144 valence electrons. The van der Waals surface area contributed by atoms with E-state index in [0.29, 0.717) is 29.5 Å². The molecule has 0 saturated heterocycles. The molecule has 0 aliphatic carbocycles. The van der Waals surface area contributed by atoms with Gasteiger partial charge in [0.2, 0.25) is 12.7 Å². The molecule has 3 heterocycles. The van der Waals surface area contributed by atoms with Crippen LogP contribution in [0.5, 0.6) is 11.5 Å². The van der Waals surface area contributed by atoms with Crippen molar-refractivity contribution >= 4 is 28.6 Å². The summed E-state index contributed by atoms with van der Waals surface area (Å²) in [7, 11) is 0. The van der Waals surface area contributed by atoms with Gasteiger partial charge in [-0.2, -0.15) is 9.97 Å². The monoisotopic (exact) mass is 386 g/mol. The maximum absolute atomic E-state index is 5.43. The normalized spacial score (nSPS) is 12.2. The Bertz CT molecular complexity index is 1180. The Kier molecular flexibility index (Phi) is 4.28. The third-order valence-electron chi connectivity index (χ3n) is 4.53. The van der Waals surface area contributed by atoms with Crippen molar-refractivity contribution in [1.82, 2.24) is 19.9 Å². The second kappa shape index (κ2) is 7.23. The van der Waals surface area contributed by atoms with E-state index in [-0.39, 0.29) is 6.79 Å². The lowest BCUT2D eigenvalue weighted by molar-refractivity contribution is 0.174. The van der Waals surface area contributed by atoms with Crippen LogP contribution in [-0.2, 0) is 6.54 Å². The van der Waals surface area contributed by atoms with Crippen LogP contribution in [0.1, 0.15) is 11.1 Å². The van der Waals surface area contributed by atoms with Crippen LogP contribution in [0.2, 0.25) is 0 Å². The summed E-state index contributed by atoms with van der Waals surface area (Å²) in [5, 5.41) is 6.57. The standard InChI is InChI=1S/C21H18N6O2/c1-13-2-5-15(6-3-13)25-20-18-19(23-9-8-22-18)26-21(27-20)24-11-14-4-7-16-17(10-14)29-12-28-16/h2-10H,11-12H2,1H3,(H2,23,24,25,26,27). The molecular formula is C21H18N6O2. The summed E-state index contributed by atoms with van der Waals surface area (Å²) in [6.07, 6.45) is 3.25. The van der Waals surface area contributed by atoms with Gasteiger partial charge in [0.25, 0.3) is 0 Å². The first-order valence-electron chi connectivity index (χ1n) is 9.19. The maximum atomic E-state index is 5.43. The minimum Gasteiger partial charge on any atom is -0.454 e. The van der Waals surface area contributed by atoms with Crippen molar-refractivity contribution in [2.24, 2.45) is 0 Å². The van der Waals surface area contributed by atoms with Crippen LogP contribution >= 0.6 is 0 Å². The lowest BCUT2D eigenvalue weighted by Gasteiger charge is -2.11. The minimum absolute atomic E-state index is 0.257. The zero-order chi connectivity index (χ0) is 19.6. The number of aromatic nitrogens is 4. The minimum atomic E-state index is 0.257. The van der Waals surface area contributed by atoms with Gasteiger partial charge in [0.05, 0.1) is 0 Å². The van der Waals surface area contributed by atoms with E-state index in [1.165, 1.54) is 5.56 Å². The van der Waals surface area contributed by atoms with E-state index < -0.39 is 0 Å². The zero-order valence-electron chi connectivity index (χ0n) is 15.7. The van der Waals surface area contributed by atoms with E-state index in [4.69, 9.17) is 9.47 Å². The summed E-state index contributed by atoms with van der Waals surface area (Å²) in [4.78, 5) is 17.8. The van der Waals surface area contributed by atoms with E-state index in [0.717, 1.165) is 22.7 Å². The molecule has 5 rings (SSSR count). The highest BCUT2D eigenvalue weighted by molar-refractivity contribution is 5.85. The summed E-state index contributed by atoms with van der Waals surface area (Å²) in [5.41, 5.74) is 4.27. The molecule has 0 atom stereocenters. The molecule has 0 bridgehead atoms. The van der Waals surface area contributed by atoms with Gasteiger partial charge < -0.3 is 20.1 Å². The number of hydrogen-bond donors (Lipinski definition) is 2. The fraction of sp³-hybridized carbons (Fsp3) is 0.143. The van der Waals surface area contributed by atoms with Gasteiger partial charge in [0, 0.05) is 24.6 Å². The Morgan fingerprint density at radius 3 is 2.66 bits per heavy atom. The van der Waals surface area contributed by atoms with E-state index >= 15 is 0 Å². The Morgan fingerprint density at radius 1 is 0.931 bits per heavy atom. The lowest BCUT2D eigenvalue weighted by Crippen LogP contribution is -2.07. The number of nitrogens with zero attached hydrogens (tertiary/aromatic N) is 4. The largest absolute Gasteiger partial charge is 0.454 e. The third kappa shape index (κ3) is 3.60. The summed E-state index contributed by atoms with van der Waals surface area (Å²) >= 11 is 0. The highest BCUT2D eigenvalue weighted by atomic mass is 16.7. The number of anilines is 3. The molecule has 1 aliphatic heterocycles. The third-order valence-corrected chi connectivity index (χ3v) is 4.53. The summed E-state index contributed by atoms with van der Waals surface area (Å²) in [6, 6.07) is 13.9. The van der Waals surface area contributed by atoms with Gasteiger partial charge in [0.15, 0.2) is 28.5 Å². The molecule has 2 aromatic heterocycles. The van der Waals surface area contributed by atoms with Crippen LogP contribution in [0.25, 0.3) is 11.2 Å². The maximum Gasteiger partial charge on any atom is 0.231 e. The molecule has 0 fully saturated rings. The van der Waals surface area contributed by atoms with Gasteiger partial charge in [0.1, 0.15) is 0 Å². The number of ether oxygens (including phenoxy) is 2. The second-order valence-corrected chi connectivity index (χ2v) is 6.66. The fourth-order valence-corrected chi connectivity index (χ4v) is 3.04. The van der Waals surface area contributed by atoms with Crippen molar-refractivity contribution < 1.29 is 9.47 Å². The van der Waals surface area contributed by atoms with Gasteiger partial charge in [-0.1, -0.05) is 23.8 Å². The first kappa shape index (κ1) is 17.2. The van der Waals surface area contributed by atoms with Crippen molar-refractivity contribution in [2.45, 2.75) is 13.5 Å². The highest BCUT2D eigenvalue weighted by Crippen LogP contribution is 2.32. The van der Waals surface area contributed by atoms with Crippen molar-refractivity contribution in [3.05, 3.63) is 66.0 Å². The van der Waals surface area contributed by atoms with E-state index in [2.05, 4.69) is 30.6 Å². The Labute approximate surface area is 167 Å². The zero-order valence-corrected chi connectivity index (χ0v) is 15.7. The van der Waals surface area contributed by atoms with E-state index in [1.807, 2.05) is 49.4 Å². The predicted octanol–water partition coefficient (Wildman–Crippen LogP) is 3.81. The average molecular weight is 386 g/mol. The van der Waals surface area contributed by atoms with Crippen LogP contribution in [-0.4, -0.2) is 26.7 Å². The van der Waals surface area contributed by atoms with Crippen molar-refractivity contribution in [2.75, 3.05) is 17.4 Å². The van der Waals surface area contributed by atoms with Crippen molar-refractivity contribution in [1.29, 1.82) is 0 Å². The Morgan fingerprint density at radius 2 is 1.76 bits per heavy atom. The van der Waals surface area contributed by atoms with E-state index in [1.54, 1.807) is 12.4 Å². The molecule has 0 saturated carbocycles. The van der Waals surface area contributed by atoms with Gasteiger partial charge >= 0.3 is 0 Å². The molecular weight excluding hydrogens is 368 g/mol. The molecule has 0 spiro atoms. The molecule has 0 amide bonds. The van der Waals surface area contributed by atoms with Crippen LogP contribution < -0.4 is 20.1 Å². The number of aryl methyl sites for hydroxylation is 1. The fourth-order valence-electron chi connectivity index (χ4n) is 3.04. The Balaban J connectivity index is 1.42. The molecule has 29 heavy (non-hydrogen) atoms. The molecule has 8 heteroatoms. The van der Waals surface area contributed by atoms with Crippen LogP contribution in [0.3, 0.4) is 0 Å². The SMILES string of the molecule is Cc1ccc(Nc2nc(NCc3ccc4c(c3)OCO4)nc3nccnc23)cc1. The number of nitrogens with one attached hydrogen (secondary N) is 2. The quantitative estimate of drug-likeness (QED) is 0.535. The summed E-state index contributed by atoms with van der Waals surface area (Å²) < 4.78 is 10.8. The Hall–Kier alpha value is -3.94. The first-order valence-corrected chi connectivity index (χ1v) is 9.19. The second-order valence-electron chi connectivity index (χ2n) is 6.66. The van der Waals surface area contributed by atoms with E-state index in [9.17, 15) is 0 Å². The van der Waals surface area contributed by atoms with Crippen LogP contribution in [0, 0.1) is 6.92 Å². The van der Waals surface area contributed by atoms with Gasteiger partial charge in [-0.25, -0.2) is 9.97 Å². The smallest absolute Gasteiger partial charge is 0.231 e. The topological polar surface area (TPSA) is 94.1 Å². The molecule has 8 nitrogen and oxygen atoms in total. The van der Waals surface area contributed by atoms with Gasteiger partial charge in [-0.3, -0.25) is 0 Å². The highest BCUT2D eigenvalue weighted by Gasteiger charge is 2.14. The molecule has 2 aromatic carbocycles. The van der Waals surface area contributed by atoms with Gasteiger partial charge in [-0.05, 0) is 36.8 Å². The summed E-state index contributed by atoms with van der Waals surface area (Å²) in [5.74, 6) is 2.57. The molecule has 4 aromatic rings. The summed E-state index contributed by atoms with van der Waals surface area (Å²) in [6.45, 7) is 2.84.